The van der Waals surface area contributed by atoms with Crippen LogP contribution in [0.4, 0.5) is 0 Å². The fourth-order valence-corrected chi connectivity index (χ4v) is 2.97. The van der Waals surface area contributed by atoms with Crippen molar-refractivity contribution in [1.82, 2.24) is 9.47 Å². The van der Waals surface area contributed by atoms with Gasteiger partial charge in [0.1, 0.15) is 0 Å². The van der Waals surface area contributed by atoms with E-state index in [1.165, 1.54) is 13.0 Å². The first kappa shape index (κ1) is 8.54. The fraction of sp³-hybridized carbons (Fsp3) is 0.667. The fourth-order valence-electron chi connectivity index (χ4n) is 2.97. The highest BCUT2D eigenvalue weighted by atomic mass is 15.1. The highest BCUT2D eigenvalue weighted by Gasteiger charge is 2.33. The highest BCUT2D eigenvalue weighted by Crippen LogP contribution is 2.38. The Balaban J connectivity index is 2.03. The third-order valence-electron chi connectivity index (χ3n) is 3.51. The molecule has 3 rings (SSSR count). The molecule has 76 valence electrons. The molecule has 1 aromatic rings. The lowest BCUT2D eigenvalue weighted by atomic mass is 9.90. The Morgan fingerprint density at radius 1 is 1.29 bits per heavy atom. The van der Waals surface area contributed by atoms with Gasteiger partial charge in [-0.15, -0.1) is 0 Å². The quantitative estimate of drug-likeness (QED) is 0.607. The number of hydrogen-bond donors (Lipinski definition) is 0. The lowest BCUT2D eigenvalue weighted by Gasteiger charge is -2.15. The van der Waals surface area contributed by atoms with Gasteiger partial charge in [0.2, 0.25) is 0 Å². The Kier molecular flexibility index (Phi) is 1.48. The van der Waals surface area contributed by atoms with Gasteiger partial charge in [0.15, 0.2) is 0 Å². The summed E-state index contributed by atoms with van der Waals surface area (Å²) in [7, 11) is 2.21. The smallest absolute Gasteiger partial charge is 0.0277 e. The van der Waals surface area contributed by atoms with Gasteiger partial charge in [-0.3, -0.25) is 4.90 Å². The van der Waals surface area contributed by atoms with E-state index in [2.05, 4.69) is 36.6 Å². The van der Waals surface area contributed by atoms with Crippen LogP contribution in [-0.2, 0) is 26.1 Å². The van der Waals surface area contributed by atoms with Gasteiger partial charge in [0.25, 0.3) is 0 Å². The van der Waals surface area contributed by atoms with E-state index in [1.807, 2.05) is 0 Å². The maximum Gasteiger partial charge on any atom is 0.0277 e. The van der Waals surface area contributed by atoms with Gasteiger partial charge < -0.3 is 4.57 Å². The molecule has 2 aliphatic heterocycles. The first-order valence-corrected chi connectivity index (χ1v) is 5.43. The van der Waals surface area contributed by atoms with Crippen LogP contribution in [0.3, 0.4) is 0 Å². The average molecular weight is 190 g/mol. The van der Waals surface area contributed by atoms with Crippen LogP contribution >= 0.6 is 0 Å². The van der Waals surface area contributed by atoms with Crippen LogP contribution in [0.25, 0.3) is 0 Å². The highest BCUT2D eigenvalue weighted by molar-refractivity contribution is 5.37. The van der Waals surface area contributed by atoms with Crippen molar-refractivity contribution < 1.29 is 0 Å². The predicted octanol–water partition coefficient (Wildman–Crippen LogP) is 2.02. The minimum Gasteiger partial charge on any atom is -0.350 e. The zero-order chi connectivity index (χ0) is 9.92. The van der Waals surface area contributed by atoms with E-state index in [9.17, 15) is 0 Å². The molecular formula is C12H18N2. The number of fused-ring (bicyclic) bond motifs is 3. The number of rotatable bonds is 0. The van der Waals surface area contributed by atoms with Gasteiger partial charge in [-0.25, -0.2) is 0 Å². The molecule has 0 bridgehead atoms. The molecule has 0 N–H and O–H groups in total. The molecule has 0 radical (unpaired) electrons. The summed E-state index contributed by atoms with van der Waals surface area (Å²) >= 11 is 0. The van der Waals surface area contributed by atoms with E-state index in [-0.39, 0.29) is 0 Å². The lowest BCUT2D eigenvalue weighted by Crippen LogP contribution is -2.12. The Labute approximate surface area is 85.5 Å². The largest absolute Gasteiger partial charge is 0.350 e. The zero-order valence-electron chi connectivity index (χ0n) is 9.30. The molecular weight excluding hydrogens is 172 g/mol. The molecule has 3 heterocycles. The molecule has 1 aromatic heterocycles. The third kappa shape index (κ3) is 1.07. The summed E-state index contributed by atoms with van der Waals surface area (Å²) in [5.41, 5.74) is 5.27. The van der Waals surface area contributed by atoms with Crippen LogP contribution in [0.15, 0.2) is 6.20 Å². The van der Waals surface area contributed by atoms with E-state index < -0.39 is 0 Å². The first-order valence-electron chi connectivity index (χ1n) is 5.43. The van der Waals surface area contributed by atoms with Gasteiger partial charge in [0.05, 0.1) is 0 Å². The summed E-state index contributed by atoms with van der Waals surface area (Å²) in [6, 6.07) is 0. The molecule has 0 unspecified atom stereocenters. The van der Waals surface area contributed by atoms with Crippen molar-refractivity contribution in [2.45, 2.75) is 39.9 Å². The van der Waals surface area contributed by atoms with Crippen LogP contribution in [0, 0.1) is 5.41 Å². The standard InChI is InChI=1S/C12H18N2/c1-12(2)4-11-10-7-13(3)5-9(10)6-14(11)8-12/h6H,4-5,7-8H2,1-3H3. The number of hydrogen-bond acceptors (Lipinski definition) is 1. The van der Waals surface area contributed by atoms with Crippen LogP contribution in [0.1, 0.15) is 30.7 Å². The Hall–Kier alpha value is -0.760. The molecule has 0 atom stereocenters. The summed E-state index contributed by atoms with van der Waals surface area (Å²) < 4.78 is 2.48. The van der Waals surface area contributed by atoms with Gasteiger partial charge in [-0.2, -0.15) is 0 Å². The second-order valence-corrected chi connectivity index (χ2v) is 5.72. The molecule has 2 nitrogen and oxygen atoms in total. The molecule has 0 saturated heterocycles. The molecule has 0 aliphatic carbocycles. The monoisotopic (exact) mass is 190 g/mol. The van der Waals surface area contributed by atoms with Crippen LogP contribution in [0.5, 0.6) is 0 Å². The van der Waals surface area contributed by atoms with E-state index in [4.69, 9.17) is 0 Å². The van der Waals surface area contributed by atoms with Gasteiger partial charge in [-0.05, 0) is 30.0 Å². The van der Waals surface area contributed by atoms with Crippen LogP contribution in [0.2, 0.25) is 0 Å². The maximum atomic E-state index is 2.48. The minimum absolute atomic E-state index is 0.478. The summed E-state index contributed by atoms with van der Waals surface area (Å²) in [5, 5.41) is 0. The second kappa shape index (κ2) is 2.43. The molecule has 14 heavy (non-hydrogen) atoms. The zero-order valence-corrected chi connectivity index (χ0v) is 9.30. The van der Waals surface area contributed by atoms with E-state index in [1.54, 1.807) is 16.8 Å². The molecule has 0 fully saturated rings. The number of aromatic nitrogens is 1. The lowest BCUT2D eigenvalue weighted by molar-refractivity contribution is 0.350. The molecule has 2 aliphatic rings. The maximum absolute atomic E-state index is 2.48. The normalized spacial score (nSPS) is 23.9. The first-order chi connectivity index (χ1) is 6.55. The Morgan fingerprint density at radius 3 is 2.86 bits per heavy atom. The van der Waals surface area contributed by atoms with Crippen molar-refractivity contribution in [2.75, 3.05) is 7.05 Å². The summed E-state index contributed by atoms with van der Waals surface area (Å²) in [4.78, 5) is 2.40. The summed E-state index contributed by atoms with van der Waals surface area (Å²) in [6.07, 6.45) is 3.64. The van der Waals surface area contributed by atoms with Gasteiger partial charge in [-0.1, -0.05) is 13.8 Å². The average Bonchev–Trinajstić information content (AvgIpc) is 2.58. The second-order valence-electron chi connectivity index (χ2n) is 5.72. The van der Waals surface area contributed by atoms with E-state index in [0.29, 0.717) is 5.41 Å². The molecule has 2 heteroatoms. The SMILES string of the molecule is CN1Cc2cn3c(c2C1)CC(C)(C)C3. The van der Waals surface area contributed by atoms with E-state index in [0.717, 1.165) is 13.1 Å². The van der Waals surface area contributed by atoms with Gasteiger partial charge >= 0.3 is 0 Å². The third-order valence-corrected chi connectivity index (χ3v) is 3.51. The minimum atomic E-state index is 0.478. The van der Waals surface area contributed by atoms with Crippen LogP contribution < -0.4 is 0 Å². The van der Waals surface area contributed by atoms with Crippen molar-refractivity contribution in [3.8, 4) is 0 Å². The van der Waals surface area contributed by atoms with Crippen molar-refractivity contribution in [2.24, 2.45) is 5.41 Å². The van der Waals surface area contributed by atoms with Crippen molar-refractivity contribution in [1.29, 1.82) is 0 Å². The van der Waals surface area contributed by atoms with Crippen LogP contribution in [-0.4, -0.2) is 16.5 Å². The Bertz CT molecular complexity index is 387. The van der Waals surface area contributed by atoms with E-state index >= 15 is 0 Å². The molecule has 0 spiro atoms. The summed E-state index contributed by atoms with van der Waals surface area (Å²) in [6.45, 7) is 8.25. The Morgan fingerprint density at radius 2 is 2.07 bits per heavy atom. The molecule has 0 saturated carbocycles. The molecule has 0 amide bonds. The van der Waals surface area contributed by atoms with Gasteiger partial charge in [0, 0.05) is 31.5 Å². The van der Waals surface area contributed by atoms with Crippen molar-refractivity contribution in [3.63, 3.8) is 0 Å². The van der Waals surface area contributed by atoms with Crippen molar-refractivity contribution >= 4 is 0 Å². The van der Waals surface area contributed by atoms with Crippen molar-refractivity contribution in [3.05, 3.63) is 23.0 Å². The topological polar surface area (TPSA) is 8.17 Å². The number of nitrogens with zero attached hydrogens (tertiary/aromatic N) is 2. The predicted molar refractivity (Wildman–Crippen MR) is 57.1 cm³/mol. The molecule has 0 aromatic carbocycles. The summed E-state index contributed by atoms with van der Waals surface area (Å²) in [5.74, 6) is 0.